The first-order chi connectivity index (χ1) is 8.00. The SMILES string of the molecule is Cc1cc(-n2nc(C)c(C(=O)O)c2C)ccn1. The summed E-state index contributed by atoms with van der Waals surface area (Å²) in [6.45, 7) is 5.33. The van der Waals surface area contributed by atoms with E-state index in [9.17, 15) is 4.79 Å². The molecule has 2 aromatic heterocycles. The van der Waals surface area contributed by atoms with E-state index in [1.165, 1.54) is 0 Å². The van der Waals surface area contributed by atoms with Crippen LogP contribution in [0.15, 0.2) is 18.3 Å². The lowest BCUT2D eigenvalue weighted by molar-refractivity contribution is 0.0695. The van der Waals surface area contributed by atoms with Crippen molar-refractivity contribution in [3.8, 4) is 5.69 Å². The molecule has 0 aliphatic carbocycles. The van der Waals surface area contributed by atoms with Crippen molar-refractivity contribution in [2.75, 3.05) is 0 Å². The number of aromatic nitrogens is 3. The van der Waals surface area contributed by atoms with Crippen LogP contribution >= 0.6 is 0 Å². The highest BCUT2D eigenvalue weighted by Gasteiger charge is 2.18. The van der Waals surface area contributed by atoms with Gasteiger partial charge in [0.25, 0.3) is 0 Å². The van der Waals surface area contributed by atoms with E-state index in [1.54, 1.807) is 30.8 Å². The average Bonchev–Trinajstić information content (AvgIpc) is 2.54. The molecule has 88 valence electrons. The maximum atomic E-state index is 11.1. The van der Waals surface area contributed by atoms with E-state index in [0.29, 0.717) is 11.4 Å². The lowest BCUT2D eigenvalue weighted by Crippen LogP contribution is -2.03. The monoisotopic (exact) mass is 231 g/mol. The van der Waals surface area contributed by atoms with Crippen LogP contribution in [0.4, 0.5) is 0 Å². The molecule has 0 spiro atoms. The van der Waals surface area contributed by atoms with Crippen molar-refractivity contribution in [3.05, 3.63) is 41.0 Å². The van der Waals surface area contributed by atoms with E-state index in [-0.39, 0.29) is 5.56 Å². The molecule has 0 aliphatic heterocycles. The highest BCUT2D eigenvalue weighted by molar-refractivity contribution is 5.90. The molecular weight excluding hydrogens is 218 g/mol. The van der Waals surface area contributed by atoms with Gasteiger partial charge in [0, 0.05) is 11.9 Å². The minimum Gasteiger partial charge on any atom is -0.478 e. The van der Waals surface area contributed by atoms with Crippen molar-refractivity contribution in [2.24, 2.45) is 0 Å². The number of carboxylic acid groups (broad SMARTS) is 1. The summed E-state index contributed by atoms with van der Waals surface area (Å²) in [6.07, 6.45) is 1.68. The first-order valence-corrected chi connectivity index (χ1v) is 5.23. The summed E-state index contributed by atoms with van der Waals surface area (Å²) >= 11 is 0. The first-order valence-electron chi connectivity index (χ1n) is 5.23. The fraction of sp³-hybridized carbons (Fsp3) is 0.250. The summed E-state index contributed by atoms with van der Waals surface area (Å²) in [5.74, 6) is -0.947. The van der Waals surface area contributed by atoms with Gasteiger partial charge in [0.05, 0.1) is 17.1 Å². The molecule has 0 aromatic carbocycles. The molecule has 5 nitrogen and oxygen atoms in total. The van der Waals surface area contributed by atoms with Crippen molar-refractivity contribution in [2.45, 2.75) is 20.8 Å². The molecule has 2 heterocycles. The summed E-state index contributed by atoms with van der Waals surface area (Å²) in [6, 6.07) is 3.67. The number of aryl methyl sites for hydroxylation is 2. The summed E-state index contributed by atoms with van der Waals surface area (Å²) in [5.41, 5.74) is 3.10. The molecule has 0 atom stereocenters. The molecule has 0 radical (unpaired) electrons. The topological polar surface area (TPSA) is 68.0 Å². The van der Waals surface area contributed by atoms with Crippen LogP contribution in [0.2, 0.25) is 0 Å². The van der Waals surface area contributed by atoms with Gasteiger partial charge in [-0.25, -0.2) is 9.48 Å². The van der Waals surface area contributed by atoms with Gasteiger partial charge in [-0.1, -0.05) is 0 Å². The molecule has 1 N–H and O–H groups in total. The van der Waals surface area contributed by atoms with Crippen molar-refractivity contribution >= 4 is 5.97 Å². The van der Waals surface area contributed by atoms with Gasteiger partial charge >= 0.3 is 5.97 Å². The molecule has 0 saturated carbocycles. The number of pyridine rings is 1. The van der Waals surface area contributed by atoms with Crippen LogP contribution in [0.1, 0.15) is 27.4 Å². The average molecular weight is 231 g/mol. The van der Waals surface area contributed by atoms with Crippen LogP contribution in [-0.2, 0) is 0 Å². The van der Waals surface area contributed by atoms with E-state index < -0.39 is 5.97 Å². The minimum atomic E-state index is -0.947. The first kappa shape index (κ1) is 11.3. The van der Waals surface area contributed by atoms with E-state index in [1.807, 2.05) is 13.0 Å². The highest BCUT2D eigenvalue weighted by Crippen LogP contribution is 2.17. The number of hydrogen-bond donors (Lipinski definition) is 1. The van der Waals surface area contributed by atoms with Crippen LogP contribution in [0.25, 0.3) is 5.69 Å². The van der Waals surface area contributed by atoms with Gasteiger partial charge in [-0.3, -0.25) is 4.98 Å². The zero-order valence-electron chi connectivity index (χ0n) is 9.93. The van der Waals surface area contributed by atoms with Gasteiger partial charge in [0.2, 0.25) is 0 Å². The number of carboxylic acids is 1. The molecule has 2 rings (SSSR count). The third-order valence-corrected chi connectivity index (χ3v) is 2.63. The van der Waals surface area contributed by atoms with Gasteiger partial charge in [0.1, 0.15) is 5.56 Å². The Bertz CT molecular complexity index is 587. The highest BCUT2D eigenvalue weighted by atomic mass is 16.4. The van der Waals surface area contributed by atoms with Crippen LogP contribution in [-0.4, -0.2) is 25.8 Å². The quantitative estimate of drug-likeness (QED) is 0.857. The summed E-state index contributed by atoms with van der Waals surface area (Å²) < 4.78 is 1.63. The van der Waals surface area contributed by atoms with Crippen LogP contribution < -0.4 is 0 Å². The Morgan fingerprint density at radius 2 is 2.06 bits per heavy atom. The molecule has 5 heteroatoms. The van der Waals surface area contributed by atoms with E-state index in [2.05, 4.69) is 10.1 Å². The number of rotatable bonds is 2. The maximum Gasteiger partial charge on any atom is 0.339 e. The number of aromatic carboxylic acids is 1. The number of carbonyl (C=O) groups is 1. The smallest absolute Gasteiger partial charge is 0.339 e. The van der Waals surface area contributed by atoms with Crippen molar-refractivity contribution in [3.63, 3.8) is 0 Å². The molecular formula is C12H13N3O2. The third-order valence-electron chi connectivity index (χ3n) is 2.63. The molecule has 0 saturated heterocycles. The van der Waals surface area contributed by atoms with Gasteiger partial charge in [-0.05, 0) is 32.9 Å². The molecule has 0 aliphatic rings. The maximum absolute atomic E-state index is 11.1. The minimum absolute atomic E-state index is 0.263. The van der Waals surface area contributed by atoms with Crippen LogP contribution in [0.5, 0.6) is 0 Å². The van der Waals surface area contributed by atoms with E-state index in [0.717, 1.165) is 11.4 Å². The van der Waals surface area contributed by atoms with Gasteiger partial charge < -0.3 is 5.11 Å². The Kier molecular flexibility index (Phi) is 2.67. The summed E-state index contributed by atoms with van der Waals surface area (Å²) in [5, 5.41) is 13.3. The van der Waals surface area contributed by atoms with Gasteiger partial charge in [-0.2, -0.15) is 5.10 Å². The Hall–Kier alpha value is -2.17. The summed E-state index contributed by atoms with van der Waals surface area (Å²) in [7, 11) is 0. The van der Waals surface area contributed by atoms with Gasteiger partial charge in [0.15, 0.2) is 0 Å². The second-order valence-corrected chi connectivity index (χ2v) is 3.92. The molecule has 0 bridgehead atoms. The predicted octanol–water partition coefficient (Wildman–Crippen LogP) is 1.89. The summed E-state index contributed by atoms with van der Waals surface area (Å²) in [4.78, 5) is 15.2. The fourth-order valence-corrected chi connectivity index (χ4v) is 1.87. The second-order valence-electron chi connectivity index (χ2n) is 3.92. The zero-order chi connectivity index (χ0) is 12.6. The normalized spacial score (nSPS) is 10.5. The van der Waals surface area contributed by atoms with Gasteiger partial charge in [-0.15, -0.1) is 0 Å². The van der Waals surface area contributed by atoms with E-state index >= 15 is 0 Å². The van der Waals surface area contributed by atoms with Crippen molar-refractivity contribution in [1.82, 2.24) is 14.8 Å². The molecule has 0 unspecified atom stereocenters. The number of nitrogens with zero attached hydrogens (tertiary/aromatic N) is 3. The standard InChI is InChI=1S/C12H13N3O2/c1-7-6-10(4-5-13-7)15-9(3)11(12(16)17)8(2)14-15/h4-6H,1-3H3,(H,16,17). The molecule has 0 fully saturated rings. The third kappa shape index (κ3) is 1.91. The molecule has 2 aromatic rings. The molecule has 17 heavy (non-hydrogen) atoms. The van der Waals surface area contributed by atoms with Crippen molar-refractivity contribution in [1.29, 1.82) is 0 Å². The van der Waals surface area contributed by atoms with Crippen molar-refractivity contribution < 1.29 is 9.90 Å². The lowest BCUT2D eigenvalue weighted by atomic mass is 10.2. The lowest BCUT2D eigenvalue weighted by Gasteiger charge is -2.04. The van der Waals surface area contributed by atoms with Crippen LogP contribution in [0, 0.1) is 20.8 Å². The molecule has 0 amide bonds. The Morgan fingerprint density at radius 3 is 2.59 bits per heavy atom. The fourth-order valence-electron chi connectivity index (χ4n) is 1.87. The number of hydrogen-bond acceptors (Lipinski definition) is 3. The Labute approximate surface area is 98.7 Å². The second kappa shape index (κ2) is 4.01. The largest absolute Gasteiger partial charge is 0.478 e. The zero-order valence-corrected chi connectivity index (χ0v) is 9.93. The Morgan fingerprint density at radius 1 is 1.35 bits per heavy atom. The van der Waals surface area contributed by atoms with Crippen LogP contribution in [0.3, 0.4) is 0 Å². The van der Waals surface area contributed by atoms with E-state index in [4.69, 9.17) is 5.11 Å². The predicted molar refractivity (Wildman–Crippen MR) is 62.5 cm³/mol. The Balaban J connectivity index is 2.62.